The van der Waals surface area contributed by atoms with E-state index >= 15 is 0 Å². The Balaban J connectivity index is 1.65. The lowest BCUT2D eigenvalue weighted by atomic mass is 10.1. The lowest BCUT2D eigenvalue weighted by Gasteiger charge is -2.13. The number of thiazole rings is 1. The molecule has 1 aromatic carbocycles. The first-order chi connectivity index (χ1) is 9.72. The average Bonchev–Trinajstić information content (AvgIpc) is 3.05. The molecular formula is C14H16N4OS. The number of nitrogens with one attached hydrogen (secondary N) is 3. The quantitative estimate of drug-likeness (QED) is 0.674. The number of aromatic amines is 2. The molecule has 0 saturated heterocycles. The van der Waals surface area contributed by atoms with Crippen LogP contribution in [0.2, 0.25) is 0 Å². The third-order valence-corrected chi connectivity index (χ3v) is 3.99. The van der Waals surface area contributed by atoms with Gasteiger partial charge in [-0.2, -0.15) is 0 Å². The van der Waals surface area contributed by atoms with Gasteiger partial charge in [-0.15, -0.1) is 11.3 Å². The zero-order chi connectivity index (χ0) is 13.9. The maximum absolute atomic E-state index is 11.2. The van der Waals surface area contributed by atoms with Crippen molar-refractivity contribution in [1.82, 2.24) is 20.3 Å². The van der Waals surface area contributed by atoms with Crippen molar-refractivity contribution >= 4 is 22.4 Å². The van der Waals surface area contributed by atoms with E-state index in [1.165, 1.54) is 0 Å². The fourth-order valence-electron chi connectivity index (χ4n) is 2.22. The van der Waals surface area contributed by atoms with E-state index in [1.807, 2.05) is 23.7 Å². The zero-order valence-electron chi connectivity index (χ0n) is 11.1. The van der Waals surface area contributed by atoms with Crippen LogP contribution in [0.15, 0.2) is 33.9 Å². The Bertz CT molecular complexity index is 744. The van der Waals surface area contributed by atoms with Crippen LogP contribution in [0.25, 0.3) is 11.0 Å². The second kappa shape index (κ2) is 5.60. The minimum atomic E-state index is -0.165. The SMILES string of the molecule is CC(NCCc1cscn1)c1ccc2[nH]c(=O)[nH]c2c1. The number of aromatic nitrogens is 3. The van der Waals surface area contributed by atoms with E-state index < -0.39 is 0 Å². The predicted molar refractivity (Wildman–Crippen MR) is 81.2 cm³/mol. The maximum Gasteiger partial charge on any atom is 0.323 e. The summed E-state index contributed by atoms with van der Waals surface area (Å²) in [6.07, 6.45) is 0.928. The highest BCUT2D eigenvalue weighted by Gasteiger charge is 2.07. The van der Waals surface area contributed by atoms with Gasteiger partial charge in [0.2, 0.25) is 0 Å². The number of rotatable bonds is 5. The molecule has 1 atom stereocenters. The monoisotopic (exact) mass is 288 g/mol. The normalized spacial score (nSPS) is 12.8. The molecule has 0 aliphatic carbocycles. The second-order valence-electron chi connectivity index (χ2n) is 4.79. The molecule has 20 heavy (non-hydrogen) atoms. The van der Waals surface area contributed by atoms with Crippen molar-refractivity contribution in [2.45, 2.75) is 19.4 Å². The van der Waals surface area contributed by atoms with Gasteiger partial charge in [0, 0.05) is 24.4 Å². The average molecular weight is 288 g/mol. The van der Waals surface area contributed by atoms with Crippen LogP contribution in [0.1, 0.15) is 24.2 Å². The van der Waals surface area contributed by atoms with Crippen molar-refractivity contribution in [3.05, 3.63) is 50.8 Å². The fraction of sp³-hybridized carbons (Fsp3) is 0.286. The van der Waals surface area contributed by atoms with E-state index in [0.29, 0.717) is 0 Å². The van der Waals surface area contributed by atoms with Gasteiger partial charge in [0.15, 0.2) is 0 Å². The van der Waals surface area contributed by atoms with Gasteiger partial charge in [0.1, 0.15) is 0 Å². The highest BCUT2D eigenvalue weighted by Crippen LogP contribution is 2.16. The second-order valence-corrected chi connectivity index (χ2v) is 5.51. The standard InChI is InChI=1S/C14H16N4OS/c1-9(15-5-4-11-7-20-8-16-11)10-2-3-12-13(6-10)18-14(19)17-12/h2-3,6-9,15H,4-5H2,1H3,(H2,17,18,19). The van der Waals surface area contributed by atoms with Crippen molar-refractivity contribution in [1.29, 1.82) is 0 Å². The number of imidazole rings is 1. The van der Waals surface area contributed by atoms with Crippen LogP contribution in [0.3, 0.4) is 0 Å². The molecule has 3 N–H and O–H groups in total. The van der Waals surface area contributed by atoms with E-state index in [1.54, 1.807) is 11.3 Å². The molecule has 2 aromatic heterocycles. The number of benzene rings is 1. The molecule has 3 aromatic rings. The van der Waals surface area contributed by atoms with E-state index in [0.717, 1.165) is 35.3 Å². The van der Waals surface area contributed by atoms with Crippen molar-refractivity contribution in [3.63, 3.8) is 0 Å². The van der Waals surface area contributed by atoms with Gasteiger partial charge in [-0.05, 0) is 24.6 Å². The highest BCUT2D eigenvalue weighted by atomic mass is 32.1. The molecule has 6 heteroatoms. The molecule has 0 fully saturated rings. The van der Waals surface area contributed by atoms with Crippen LogP contribution in [0.5, 0.6) is 0 Å². The fourth-order valence-corrected chi connectivity index (χ4v) is 2.81. The van der Waals surface area contributed by atoms with Gasteiger partial charge >= 0.3 is 5.69 Å². The summed E-state index contributed by atoms with van der Waals surface area (Å²) in [5, 5.41) is 5.54. The van der Waals surface area contributed by atoms with Crippen molar-refractivity contribution in [2.75, 3.05) is 6.54 Å². The van der Waals surface area contributed by atoms with E-state index in [-0.39, 0.29) is 11.7 Å². The van der Waals surface area contributed by atoms with Crippen LogP contribution in [0.4, 0.5) is 0 Å². The molecular weight excluding hydrogens is 272 g/mol. The summed E-state index contributed by atoms with van der Waals surface area (Å²) in [4.78, 5) is 21.0. The van der Waals surface area contributed by atoms with E-state index in [9.17, 15) is 4.79 Å². The Morgan fingerprint density at radius 2 is 2.20 bits per heavy atom. The van der Waals surface area contributed by atoms with Crippen LogP contribution in [-0.4, -0.2) is 21.5 Å². The summed E-state index contributed by atoms with van der Waals surface area (Å²) in [5.74, 6) is 0. The van der Waals surface area contributed by atoms with E-state index in [4.69, 9.17) is 0 Å². The molecule has 0 aliphatic heterocycles. The molecule has 104 valence electrons. The molecule has 3 rings (SSSR count). The summed E-state index contributed by atoms with van der Waals surface area (Å²) in [6.45, 7) is 3.00. The Morgan fingerprint density at radius 3 is 3.00 bits per heavy atom. The molecule has 5 nitrogen and oxygen atoms in total. The summed E-state index contributed by atoms with van der Waals surface area (Å²) >= 11 is 1.62. The number of nitrogens with zero attached hydrogens (tertiary/aromatic N) is 1. The summed E-state index contributed by atoms with van der Waals surface area (Å²) in [5.41, 5.74) is 5.66. The molecule has 0 spiro atoms. The Labute approximate surface area is 120 Å². The molecule has 0 aliphatic rings. The molecule has 0 amide bonds. The molecule has 0 saturated carbocycles. The molecule has 0 radical (unpaired) electrons. The first-order valence-electron chi connectivity index (χ1n) is 6.55. The largest absolute Gasteiger partial charge is 0.323 e. The lowest BCUT2D eigenvalue weighted by molar-refractivity contribution is 0.575. The van der Waals surface area contributed by atoms with Crippen LogP contribution >= 0.6 is 11.3 Å². The number of H-pyrrole nitrogens is 2. The topological polar surface area (TPSA) is 73.6 Å². The van der Waals surface area contributed by atoms with Gasteiger partial charge < -0.3 is 15.3 Å². The van der Waals surface area contributed by atoms with Crippen molar-refractivity contribution in [3.8, 4) is 0 Å². The van der Waals surface area contributed by atoms with Gasteiger partial charge in [-0.3, -0.25) is 0 Å². The van der Waals surface area contributed by atoms with Crippen LogP contribution < -0.4 is 11.0 Å². The molecule has 0 bridgehead atoms. The maximum atomic E-state index is 11.2. The van der Waals surface area contributed by atoms with Crippen molar-refractivity contribution < 1.29 is 0 Å². The van der Waals surface area contributed by atoms with Crippen molar-refractivity contribution in [2.24, 2.45) is 0 Å². The number of fused-ring (bicyclic) bond motifs is 1. The van der Waals surface area contributed by atoms with Gasteiger partial charge in [0.25, 0.3) is 0 Å². The Hall–Kier alpha value is -1.92. The Kier molecular flexibility index (Phi) is 3.66. The van der Waals surface area contributed by atoms with Gasteiger partial charge in [-0.1, -0.05) is 6.07 Å². The van der Waals surface area contributed by atoms with Crippen LogP contribution in [0, 0.1) is 0 Å². The summed E-state index contributed by atoms with van der Waals surface area (Å²) < 4.78 is 0. The van der Waals surface area contributed by atoms with Crippen LogP contribution in [-0.2, 0) is 6.42 Å². The predicted octanol–water partition coefficient (Wildman–Crippen LogP) is 2.21. The smallest absolute Gasteiger partial charge is 0.310 e. The zero-order valence-corrected chi connectivity index (χ0v) is 12.0. The minimum absolute atomic E-state index is 0.165. The first-order valence-corrected chi connectivity index (χ1v) is 7.49. The third kappa shape index (κ3) is 2.81. The first kappa shape index (κ1) is 13.1. The lowest BCUT2D eigenvalue weighted by Crippen LogP contribution is -2.21. The number of hydrogen-bond donors (Lipinski definition) is 3. The summed E-state index contributed by atoms with van der Waals surface area (Å²) in [6, 6.07) is 6.21. The van der Waals surface area contributed by atoms with Gasteiger partial charge in [0.05, 0.1) is 22.2 Å². The molecule has 1 unspecified atom stereocenters. The third-order valence-electron chi connectivity index (χ3n) is 3.36. The summed E-state index contributed by atoms with van der Waals surface area (Å²) in [7, 11) is 0. The number of hydrogen-bond acceptors (Lipinski definition) is 4. The molecule has 2 heterocycles. The Morgan fingerprint density at radius 1 is 1.35 bits per heavy atom. The van der Waals surface area contributed by atoms with Gasteiger partial charge in [-0.25, -0.2) is 9.78 Å². The minimum Gasteiger partial charge on any atom is -0.310 e. The van der Waals surface area contributed by atoms with E-state index in [2.05, 4.69) is 32.6 Å². The highest BCUT2D eigenvalue weighted by molar-refractivity contribution is 7.07.